The first kappa shape index (κ1) is 23.9. The molecule has 0 heterocycles. The van der Waals surface area contributed by atoms with Crippen LogP contribution in [-0.4, -0.2) is 43.7 Å². The quantitative estimate of drug-likeness (QED) is 0.669. The van der Waals surface area contributed by atoms with Gasteiger partial charge in [-0.1, -0.05) is 23.7 Å². The summed E-state index contributed by atoms with van der Waals surface area (Å²) in [5.41, 5.74) is 0.581. The molecule has 0 aliphatic heterocycles. The summed E-state index contributed by atoms with van der Waals surface area (Å²) in [6.45, 7) is 7.17. The van der Waals surface area contributed by atoms with Crippen LogP contribution in [0.15, 0.2) is 47.4 Å². The molecule has 2 amide bonds. The van der Waals surface area contributed by atoms with Crippen LogP contribution in [0.2, 0.25) is 5.02 Å². The summed E-state index contributed by atoms with van der Waals surface area (Å²) < 4.78 is 26.7. The molecule has 0 saturated heterocycles. The van der Waals surface area contributed by atoms with E-state index in [1.807, 2.05) is 13.8 Å². The number of carbonyl (C=O) groups excluding carboxylic acids is 2. The number of nitrogens with one attached hydrogen (secondary N) is 2. The molecular formula is C21H26ClN3O4S. The summed E-state index contributed by atoms with van der Waals surface area (Å²) in [6.07, 6.45) is 0. The number of hydrogen-bond acceptors (Lipinski definition) is 4. The average Bonchev–Trinajstić information content (AvgIpc) is 2.67. The van der Waals surface area contributed by atoms with Crippen LogP contribution >= 0.6 is 11.6 Å². The molecule has 30 heavy (non-hydrogen) atoms. The highest BCUT2D eigenvalue weighted by molar-refractivity contribution is 7.89. The first-order chi connectivity index (χ1) is 13.9. The van der Waals surface area contributed by atoms with Crippen LogP contribution in [0.25, 0.3) is 0 Å². The monoisotopic (exact) mass is 451 g/mol. The van der Waals surface area contributed by atoms with Crippen molar-refractivity contribution in [3.05, 3.63) is 58.6 Å². The zero-order valence-electron chi connectivity index (χ0n) is 17.6. The molecular weight excluding hydrogens is 426 g/mol. The van der Waals surface area contributed by atoms with Gasteiger partial charge in [0.2, 0.25) is 10.0 Å². The molecule has 0 saturated carbocycles. The van der Waals surface area contributed by atoms with E-state index in [4.69, 9.17) is 11.6 Å². The van der Waals surface area contributed by atoms with E-state index in [2.05, 4.69) is 10.6 Å². The van der Waals surface area contributed by atoms with Crippen LogP contribution in [0.4, 0.5) is 5.69 Å². The molecule has 2 aromatic rings. The fourth-order valence-corrected chi connectivity index (χ4v) is 4.20. The van der Waals surface area contributed by atoms with Crippen molar-refractivity contribution in [3.63, 3.8) is 0 Å². The van der Waals surface area contributed by atoms with Gasteiger partial charge in [0.25, 0.3) is 11.8 Å². The molecule has 2 aromatic carbocycles. The molecule has 0 bridgehead atoms. The van der Waals surface area contributed by atoms with Crippen LogP contribution in [0.1, 0.15) is 48.4 Å². The summed E-state index contributed by atoms with van der Waals surface area (Å²) in [4.78, 5) is 25.2. The Bertz CT molecular complexity index is 1050. The summed E-state index contributed by atoms with van der Waals surface area (Å²) in [5.74, 6) is -0.948. The van der Waals surface area contributed by atoms with E-state index in [0.717, 1.165) is 0 Å². The molecule has 0 unspecified atom stereocenters. The summed E-state index contributed by atoms with van der Waals surface area (Å²) >= 11 is 6.17. The number of carbonyl (C=O) groups is 2. The topological polar surface area (TPSA) is 95.6 Å². The van der Waals surface area contributed by atoms with Gasteiger partial charge in [-0.2, -0.15) is 4.31 Å². The second kappa shape index (κ2) is 9.59. The Kier molecular flexibility index (Phi) is 7.63. The Hall–Kier alpha value is -2.42. The molecule has 0 fully saturated rings. The van der Waals surface area contributed by atoms with Crippen molar-refractivity contribution in [2.24, 2.45) is 0 Å². The molecule has 2 rings (SSSR count). The maximum Gasteiger partial charge on any atom is 0.257 e. The first-order valence-electron chi connectivity index (χ1n) is 9.44. The van der Waals surface area contributed by atoms with Gasteiger partial charge in [0.1, 0.15) is 0 Å². The third kappa shape index (κ3) is 5.38. The second-order valence-corrected chi connectivity index (χ2v) is 9.79. The smallest absolute Gasteiger partial charge is 0.257 e. The van der Waals surface area contributed by atoms with Crippen molar-refractivity contribution < 1.29 is 18.0 Å². The van der Waals surface area contributed by atoms with Crippen molar-refractivity contribution in [2.75, 3.05) is 12.4 Å². The third-order valence-corrected chi connectivity index (χ3v) is 6.79. The first-order valence-corrected chi connectivity index (χ1v) is 11.3. The molecule has 9 heteroatoms. The number of nitrogens with zero attached hydrogens (tertiary/aromatic N) is 1. The van der Waals surface area contributed by atoms with E-state index >= 15 is 0 Å². The number of rotatable bonds is 7. The van der Waals surface area contributed by atoms with Crippen molar-refractivity contribution in [1.82, 2.24) is 9.62 Å². The summed E-state index contributed by atoms with van der Waals surface area (Å²) in [6, 6.07) is 10.2. The van der Waals surface area contributed by atoms with Crippen molar-refractivity contribution >= 4 is 39.1 Å². The molecule has 0 radical (unpaired) electrons. The highest BCUT2D eigenvalue weighted by Crippen LogP contribution is 2.25. The van der Waals surface area contributed by atoms with Gasteiger partial charge in [-0.15, -0.1) is 0 Å². The fourth-order valence-electron chi connectivity index (χ4n) is 2.60. The Labute approximate surface area is 182 Å². The predicted molar refractivity (Wildman–Crippen MR) is 119 cm³/mol. The number of anilines is 1. The number of para-hydroxylation sites is 1. The van der Waals surface area contributed by atoms with Crippen LogP contribution < -0.4 is 10.6 Å². The van der Waals surface area contributed by atoms with E-state index in [0.29, 0.717) is 11.3 Å². The van der Waals surface area contributed by atoms with Gasteiger partial charge in [0.05, 0.1) is 26.7 Å². The highest BCUT2D eigenvalue weighted by atomic mass is 35.5. The normalized spacial score (nSPS) is 11.8. The molecule has 162 valence electrons. The summed E-state index contributed by atoms with van der Waals surface area (Å²) in [7, 11) is -2.32. The minimum Gasteiger partial charge on any atom is -0.350 e. The number of amides is 2. The third-order valence-electron chi connectivity index (χ3n) is 4.43. The molecule has 2 N–H and O–H groups in total. The van der Waals surface area contributed by atoms with E-state index < -0.39 is 15.9 Å². The van der Waals surface area contributed by atoms with Gasteiger partial charge in [0, 0.05) is 19.1 Å². The lowest BCUT2D eigenvalue weighted by molar-refractivity contribution is 0.0944. The van der Waals surface area contributed by atoms with Crippen LogP contribution in [0.5, 0.6) is 0 Å². The minimum absolute atomic E-state index is 0.00558. The molecule has 7 nitrogen and oxygen atoms in total. The number of hydrogen-bond donors (Lipinski definition) is 2. The number of sulfonamides is 1. The Morgan fingerprint density at radius 2 is 1.60 bits per heavy atom. The van der Waals surface area contributed by atoms with Gasteiger partial charge in [-0.05, 0) is 58.0 Å². The van der Waals surface area contributed by atoms with Crippen molar-refractivity contribution in [2.45, 2.75) is 44.7 Å². The van der Waals surface area contributed by atoms with Crippen molar-refractivity contribution in [3.8, 4) is 0 Å². The molecule has 0 aliphatic carbocycles. The van der Waals surface area contributed by atoms with Crippen molar-refractivity contribution in [1.29, 1.82) is 0 Å². The minimum atomic E-state index is -3.79. The van der Waals surface area contributed by atoms with Gasteiger partial charge < -0.3 is 10.6 Å². The van der Waals surface area contributed by atoms with E-state index in [1.54, 1.807) is 38.1 Å². The van der Waals surface area contributed by atoms with Gasteiger partial charge >= 0.3 is 0 Å². The Morgan fingerprint density at radius 3 is 2.20 bits per heavy atom. The lowest BCUT2D eigenvalue weighted by Crippen LogP contribution is -2.33. The Morgan fingerprint density at radius 1 is 0.967 bits per heavy atom. The van der Waals surface area contributed by atoms with Crippen LogP contribution in [-0.2, 0) is 10.0 Å². The SMILES string of the molecule is CC(C)NC(=O)c1ccccc1NC(=O)c1cc(S(=O)(=O)N(C)C(C)C)ccc1Cl. The summed E-state index contributed by atoms with van der Waals surface area (Å²) in [5, 5.41) is 5.53. The van der Waals surface area contributed by atoms with E-state index in [-0.39, 0.29) is 33.5 Å². The molecule has 0 spiro atoms. The number of benzene rings is 2. The molecule has 0 aliphatic rings. The lowest BCUT2D eigenvalue weighted by atomic mass is 10.1. The zero-order chi connectivity index (χ0) is 22.6. The van der Waals surface area contributed by atoms with Crippen LogP contribution in [0.3, 0.4) is 0 Å². The lowest BCUT2D eigenvalue weighted by Gasteiger charge is -2.21. The largest absolute Gasteiger partial charge is 0.350 e. The molecule has 0 atom stereocenters. The van der Waals surface area contributed by atoms with Crippen LogP contribution in [0, 0.1) is 0 Å². The number of halogens is 1. The van der Waals surface area contributed by atoms with E-state index in [9.17, 15) is 18.0 Å². The highest BCUT2D eigenvalue weighted by Gasteiger charge is 2.25. The van der Waals surface area contributed by atoms with Gasteiger partial charge in [-0.25, -0.2) is 8.42 Å². The maximum atomic E-state index is 12.9. The maximum absolute atomic E-state index is 12.9. The second-order valence-electron chi connectivity index (χ2n) is 7.38. The molecule has 0 aromatic heterocycles. The zero-order valence-corrected chi connectivity index (χ0v) is 19.1. The Balaban J connectivity index is 2.39. The van der Waals surface area contributed by atoms with E-state index in [1.165, 1.54) is 29.6 Å². The standard InChI is InChI=1S/C21H26ClN3O4S/c1-13(2)23-20(26)16-8-6-7-9-19(16)24-21(27)17-12-15(10-11-18(17)22)30(28,29)25(5)14(3)4/h6-14H,1-5H3,(H,23,26)(H,24,27). The average molecular weight is 452 g/mol. The van der Waals surface area contributed by atoms with Gasteiger partial charge in [0.15, 0.2) is 0 Å². The fraction of sp³-hybridized carbons (Fsp3) is 0.333. The predicted octanol–water partition coefficient (Wildman–Crippen LogP) is 3.76. The van der Waals surface area contributed by atoms with Gasteiger partial charge in [-0.3, -0.25) is 9.59 Å².